The van der Waals surface area contributed by atoms with Gasteiger partial charge in [0.05, 0.1) is 0 Å². The first-order chi connectivity index (χ1) is 12.2. The number of nitrogens with zero attached hydrogens (tertiary/aromatic N) is 5. The number of thiazole rings is 1. The zero-order valence-corrected chi connectivity index (χ0v) is 15.0. The molecule has 1 amide bonds. The van der Waals surface area contributed by atoms with Crippen molar-refractivity contribution in [1.82, 2.24) is 24.8 Å². The van der Waals surface area contributed by atoms with E-state index in [1.807, 2.05) is 36.6 Å². The minimum atomic E-state index is -0.0373. The van der Waals surface area contributed by atoms with Gasteiger partial charge >= 0.3 is 0 Å². The van der Waals surface area contributed by atoms with Crippen LogP contribution in [0.5, 0.6) is 0 Å². The van der Waals surface area contributed by atoms with Crippen LogP contribution in [0.15, 0.2) is 35.8 Å². The molecule has 0 unspecified atom stereocenters. The van der Waals surface area contributed by atoms with Crippen LogP contribution in [0.25, 0.3) is 15.5 Å². The highest BCUT2D eigenvalue weighted by Gasteiger charge is 2.11. The molecule has 7 nitrogen and oxygen atoms in total. The van der Waals surface area contributed by atoms with Gasteiger partial charge in [0, 0.05) is 35.7 Å². The molecular formula is C16H14N6OS2. The van der Waals surface area contributed by atoms with Crippen molar-refractivity contribution in [2.45, 2.75) is 19.8 Å². The van der Waals surface area contributed by atoms with E-state index in [4.69, 9.17) is 0 Å². The maximum Gasteiger partial charge on any atom is 0.234 e. The van der Waals surface area contributed by atoms with E-state index in [0.29, 0.717) is 12.8 Å². The second-order valence-electron chi connectivity index (χ2n) is 5.40. The molecule has 0 aliphatic heterocycles. The second-order valence-corrected chi connectivity index (χ2v) is 7.34. The maximum atomic E-state index is 12.1. The molecule has 0 aliphatic carbocycles. The third-order valence-corrected chi connectivity index (χ3v) is 5.38. The minimum absolute atomic E-state index is 0.0373. The van der Waals surface area contributed by atoms with Crippen molar-refractivity contribution >= 4 is 39.2 Å². The molecular weight excluding hydrogens is 356 g/mol. The molecule has 0 bridgehead atoms. The molecule has 0 saturated carbocycles. The lowest BCUT2D eigenvalue weighted by Gasteiger charge is -2.05. The Balaban J connectivity index is 1.35. The second kappa shape index (κ2) is 6.69. The first-order valence-corrected chi connectivity index (χ1v) is 9.36. The zero-order valence-electron chi connectivity index (χ0n) is 13.3. The fourth-order valence-corrected chi connectivity index (χ4v) is 3.88. The fourth-order valence-electron chi connectivity index (χ4n) is 2.36. The normalized spacial score (nSPS) is 11.1. The number of rotatable bonds is 5. The van der Waals surface area contributed by atoms with Crippen molar-refractivity contribution in [1.29, 1.82) is 0 Å². The average molecular weight is 370 g/mol. The van der Waals surface area contributed by atoms with E-state index in [2.05, 4.69) is 25.6 Å². The van der Waals surface area contributed by atoms with E-state index in [1.54, 1.807) is 22.0 Å². The Bertz CT molecular complexity index is 1000. The third-order valence-electron chi connectivity index (χ3n) is 3.60. The zero-order chi connectivity index (χ0) is 17.2. The predicted octanol–water partition coefficient (Wildman–Crippen LogP) is 3.19. The first-order valence-electron chi connectivity index (χ1n) is 7.66. The van der Waals surface area contributed by atoms with Crippen LogP contribution in [0.4, 0.5) is 5.69 Å². The van der Waals surface area contributed by atoms with Crippen LogP contribution in [0.2, 0.25) is 0 Å². The van der Waals surface area contributed by atoms with Crippen molar-refractivity contribution < 1.29 is 4.79 Å². The van der Waals surface area contributed by atoms with Crippen LogP contribution in [-0.4, -0.2) is 30.7 Å². The smallest absolute Gasteiger partial charge is 0.234 e. The Morgan fingerprint density at radius 1 is 1.24 bits per heavy atom. The van der Waals surface area contributed by atoms with E-state index < -0.39 is 0 Å². The third kappa shape index (κ3) is 3.42. The number of carbonyl (C=O) groups excluding carboxylic acids is 1. The molecule has 25 heavy (non-hydrogen) atoms. The van der Waals surface area contributed by atoms with Gasteiger partial charge in [-0.05, 0) is 31.2 Å². The van der Waals surface area contributed by atoms with Crippen LogP contribution >= 0.6 is 22.7 Å². The number of nitrogens with one attached hydrogen (secondary N) is 1. The SMILES string of the molecule is Cc1nnc2sc(CCC(=O)Nc3ccc(-c4nccs4)cc3)nn12. The molecule has 4 rings (SSSR count). The van der Waals surface area contributed by atoms with Crippen molar-refractivity contribution in [3.63, 3.8) is 0 Å². The van der Waals surface area contributed by atoms with Gasteiger partial charge in [-0.25, -0.2) is 4.98 Å². The molecule has 0 spiro atoms. The summed E-state index contributed by atoms with van der Waals surface area (Å²) in [5, 5.41) is 19.1. The number of amides is 1. The fraction of sp³-hybridized carbons (Fsp3) is 0.188. The lowest BCUT2D eigenvalue weighted by molar-refractivity contribution is -0.116. The van der Waals surface area contributed by atoms with Crippen molar-refractivity contribution in [2.75, 3.05) is 5.32 Å². The summed E-state index contributed by atoms with van der Waals surface area (Å²) < 4.78 is 1.70. The summed E-state index contributed by atoms with van der Waals surface area (Å²) in [7, 11) is 0. The number of carbonyl (C=O) groups is 1. The molecule has 3 aromatic heterocycles. The molecule has 0 atom stereocenters. The molecule has 1 aromatic carbocycles. The Kier molecular flexibility index (Phi) is 4.24. The quantitative estimate of drug-likeness (QED) is 0.583. The highest BCUT2D eigenvalue weighted by molar-refractivity contribution is 7.16. The van der Waals surface area contributed by atoms with Crippen LogP contribution in [0.1, 0.15) is 17.3 Å². The van der Waals surface area contributed by atoms with Gasteiger partial charge in [0.2, 0.25) is 10.9 Å². The lowest BCUT2D eigenvalue weighted by Crippen LogP contribution is -2.12. The molecule has 3 heterocycles. The van der Waals surface area contributed by atoms with E-state index in [9.17, 15) is 4.79 Å². The van der Waals surface area contributed by atoms with Gasteiger partial charge in [0.25, 0.3) is 0 Å². The Morgan fingerprint density at radius 3 is 2.80 bits per heavy atom. The monoisotopic (exact) mass is 370 g/mol. The molecule has 1 N–H and O–H groups in total. The van der Waals surface area contributed by atoms with Gasteiger partial charge in [0.1, 0.15) is 10.0 Å². The molecule has 0 fully saturated rings. The number of hydrogen-bond donors (Lipinski definition) is 1. The molecule has 126 valence electrons. The summed E-state index contributed by atoms with van der Waals surface area (Å²) >= 11 is 3.05. The Labute approximate surface area is 151 Å². The van der Waals surface area contributed by atoms with E-state index in [-0.39, 0.29) is 5.91 Å². The van der Waals surface area contributed by atoms with Crippen LogP contribution in [0, 0.1) is 6.92 Å². The van der Waals surface area contributed by atoms with Gasteiger partial charge in [-0.1, -0.05) is 11.3 Å². The summed E-state index contributed by atoms with van der Waals surface area (Å²) in [6.07, 6.45) is 2.73. The van der Waals surface area contributed by atoms with Crippen LogP contribution in [-0.2, 0) is 11.2 Å². The summed E-state index contributed by atoms with van der Waals surface area (Å²) in [5.74, 6) is 0.715. The Morgan fingerprint density at radius 2 is 2.08 bits per heavy atom. The van der Waals surface area contributed by atoms with Gasteiger partial charge in [-0.2, -0.15) is 9.61 Å². The van der Waals surface area contributed by atoms with Crippen LogP contribution < -0.4 is 5.32 Å². The van der Waals surface area contributed by atoms with Crippen LogP contribution in [0.3, 0.4) is 0 Å². The van der Waals surface area contributed by atoms with Gasteiger partial charge in [-0.3, -0.25) is 4.79 Å². The van der Waals surface area contributed by atoms with E-state index in [1.165, 1.54) is 11.3 Å². The van der Waals surface area contributed by atoms with Gasteiger partial charge in [0.15, 0.2) is 5.82 Å². The maximum absolute atomic E-state index is 12.1. The highest BCUT2D eigenvalue weighted by atomic mass is 32.1. The molecule has 0 saturated heterocycles. The standard InChI is InChI=1S/C16H14N6OS2/c1-10-19-20-16-22(10)21-14(25-16)7-6-13(23)18-12-4-2-11(3-5-12)15-17-8-9-24-15/h2-5,8-9H,6-7H2,1H3,(H,18,23). The van der Waals surface area contributed by atoms with Gasteiger partial charge < -0.3 is 5.32 Å². The predicted molar refractivity (Wildman–Crippen MR) is 97.9 cm³/mol. The molecule has 4 aromatic rings. The van der Waals surface area contributed by atoms with Crippen molar-refractivity contribution in [3.05, 3.63) is 46.7 Å². The van der Waals surface area contributed by atoms with Crippen molar-refractivity contribution in [2.24, 2.45) is 0 Å². The lowest BCUT2D eigenvalue weighted by atomic mass is 10.2. The summed E-state index contributed by atoms with van der Waals surface area (Å²) in [4.78, 5) is 17.2. The minimum Gasteiger partial charge on any atom is -0.326 e. The number of aromatic nitrogens is 5. The number of aryl methyl sites for hydroxylation is 2. The number of hydrogen-bond acceptors (Lipinski definition) is 7. The number of anilines is 1. The van der Waals surface area contributed by atoms with Crippen molar-refractivity contribution in [3.8, 4) is 10.6 Å². The number of benzene rings is 1. The van der Waals surface area contributed by atoms with E-state index >= 15 is 0 Å². The summed E-state index contributed by atoms with van der Waals surface area (Å²) in [5.41, 5.74) is 1.82. The molecule has 0 radical (unpaired) electrons. The topological polar surface area (TPSA) is 85.1 Å². The van der Waals surface area contributed by atoms with Gasteiger partial charge in [-0.15, -0.1) is 21.5 Å². The largest absolute Gasteiger partial charge is 0.326 e. The first kappa shape index (κ1) is 15.9. The Hall–Kier alpha value is -2.65. The molecule has 9 heteroatoms. The number of fused-ring (bicyclic) bond motifs is 1. The highest BCUT2D eigenvalue weighted by Crippen LogP contribution is 2.23. The van der Waals surface area contributed by atoms with E-state index in [0.717, 1.165) is 32.1 Å². The summed E-state index contributed by atoms with van der Waals surface area (Å²) in [6.45, 7) is 1.85. The molecule has 0 aliphatic rings. The average Bonchev–Trinajstić information content (AvgIpc) is 3.33. The summed E-state index contributed by atoms with van der Waals surface area (Å²) in [6, 6.07) is 7.70.